The van der Waals surface area contributed by atoms with Crippen LogP contribution < -0.4 is 4.57 Å². The quantitative estimate of drug-likeness (QED) is 0.338. The van der Waals surface area contributed by atoms with Gasteiger partial charge in [-0.15, -0.1) is 4.57 Å². The first-order chi connectivity index (χ1) is 12.4. The molecule has 1 aromatic heterocycles. The lowest BCUT2D eigenvalue weighted by Crippen LogP contribution is -2.40. The molecule has 0 saturated heterocycles. The van der Waals surface area contributed by atoms with Gasteiger partial charge in [0.2, 0.25) is 5.69 Å². The van der Waals surface area contributed by atoms with E-state index in [4.69, 9.17) is 23.2 Å². The molecule has 0 fully saturated rings. The summed E-state index contributed by atoms with van der Waals surface area (Å²) in [4.78, 5) is 13.4. The van der Waals surface area contributed by atoms with Gasteiger partial charge in [0.15, 0.2) is 11.5 Å². The predicted molar refractivity (Wildman–Crippen MR) is 104 cm³/mol. The molecule has 2 aromatic carbocycles. The van der Waals surface area contributed by atoms with E-state index in [0.717, 1.165) is 4.34 Å². The minimum absolute atomic E-state index is 0.167. The Morgan fingerprint density at radius 3 is 2.58 bits per heavy atom. The zero-order valence-corrected chi connectivity index (χ0v) is 16.1. The highest BCUT2D eigenvalue weighted by atomic mass is 35.5. The summed E-state index contributed by atoms with van der Waals surface area (Å²) in [6, 6.07) is 9.60. The number of fused-ring (bicyclic) bond motifs is 1. The van der Waals surface area contributed by atoms with Crippen molar-refractivity contribution in [2.75, 3.05) is 0 Å². The average molecular weight is 423 g/mol. The van der Waals surface area contributed by atoms with Gasteiger partial charge in [0, 0.05) is 21.8 Å². The highest BCUT2D eigenvalue weighted by Crippen LogP contribution is 2.39. The number of allylic oxidation sites excluding steroid dienone is 1. The summed E-state index contributed by atoms with van der Waals surface area (Å²) in [5, 5.41) is 22.1. The first-order valence-electron chi connectivity index (χ1n) is 7.39. The molecule has 1 aliphatic heterocycles. The maximum atomic E-state index is 12.9. The standard InChI is InChI=1S/C18H9Cl2NO3S2/c19-11-3-1-9(12(20)7-11)6-16-17(24)21-13(8-25-18(21)26-16)10-2-4-14(22)15(23)5-10/h1-8H,(H-,22,23)/p+1/b16-6+. The molecule has 1 aliphatic rings. The highest BCUT2D eigenvalue weighted by Gasteiger charge is 2.41. The third kappa shape index (κ3) is 2.99. The molecule has 2 heterocycles. The first kappa shape index (κ1) is 17.4. The van der Waals surface area contributed by atoms with E-state index < -0.39 is 0 Å². The number of hydrogen-bond donors (Lipinski definition) is 2. The molecular formula is C18H10Cl2NO3S2+. The summed E-state index contributed by atoms with van der Waals surface area (Å²) in [5.74, 6) is -0.603. The summed E-state index contributed by atoms with van der Waals surface area (Å²) in [5.41, 5.74) is 2.01. The Balaban J connectivity index is 1.74. The molecule has 0 radical (unpaired) electrons. The topological polar surface area (TPSA) is 61.4 Å². The van der Waals surface area contributed by atoms with Crippen LogP contribution in [0.3, 0.4) is 0 Å². The van der Waals surface area contributed by atoms with Crippen molar-refractivity contribution in [2.24, 2.45) is 0 Å². The SMILES string of the molecule is O=C1/C(=C\c2ccc(Cl)cc2Cl)Sc2scc(-c3ccc(O)c(O)c3)[n+]21. The fourth-order valence-corrected chi connectivity index (χ4v) is 5.19. The fraction of sp³-hybridized carbons (Fsp3) is 0. The lowest BCUT2D eigenvalue weighted by atomic mass is 10.1. The van der Waals surface area contributed by atoms with Crippen LogP contribution in [-0.4, -0.2) is 16.1 Å². The Bertz CT molecular complexity index is 1090. The second kappa shape index (κ2) is 6.63. The van der Waals surface area contributed by atoms with Crippen LogP contribution >= 0.6 is 46.3 Å². The molecule has 130 valence electrons. The van der Waals surface area contributed by atoms with E-state index in [2.05, 4.69) is 0 Å². The molecule has 4 rings (SSSR count). The van der Waals surface area contributed by atoms with Crippen molar-refractivity contribution in [3.8, 4) is 22.8 Å². The third-order valence-electron chi connectivity index (χ3n) is 3.83. The zero-order valence-electron chi connectivity index (χ0n) is 12.9. The second-order valence-corrected chi connectivity index (χ2v) is 8.50. The van der Waals surface area contributed by atoms with Gasteiger partial charge >= 0.3 is 10.2 Å². The number of carbonyl (C=O) groups excluding carboxylic acids is 1. The lowest BCUT2D eigenvalue weighted by molar-refractivity contribution is -0.588. The molecule has 0 aliphatic carbocycles. The molecule has 3 aromatic rings. The van der Waals surface area contributed by atoms with E-state index in [1.165, 1.54) is 35.2 Å². The number of rotatable bonds is 2. The van der Waals surface area contributed by atoms with Crippen molar-refractivity contribution in [2.45, 2.75) is 4.34 Å². The van der Waals surface area contributed by atoms with E-state index in [1.54, 1.807) is 34.9 Å². The van der Waals surface area contributed by atoms with E-state index in [0.29, 0.717) is 31.8 Å². The zero-order chi connectivity index (χ0) is 18.4. The van der Waals surface area contributed by atoms with Crippen molar-refractivity contribution in [1.82, 2.24) is 0 Å². The Morgan fingerprint density at radius 2 is 1.85 bits per heavy atom. The average Bonchev–Trinajstić information content (AvgIpc) is 3.14. The van der Waals surface area contributed by atoms with Gasteiger partial charge in [-0.2, -0.15) is 0 Å². The van der Waals surface area contributed by atoms with E-state index in [-0.39, 0.29) is 17.4 Å². The number of nitrogens with zero attached hydrogens (tertiary/aromatic N) is 1. The van der Waals surface area contributed by atoms with Gasteiger partial charge in [-0.3, -0.25) is 0 Å². The number of hydrogen-bond acceptors (Lipinski definition) is 5. The van der Waals surface area contributed by atoms with E-state index >= 15 is 0 Å². The van der Waals surface area contributed by atoms with Crippen LogP contribution in [-0.2, 0) is 0 Å². The van der Waals surface area contributed by atoms with Gasteiger partial charge in [-0.05, 0) is 42.0 Å². The smallest absolute Gasteiger partial charge is 0.433 e. The lowest BCUT2D eigenvalue weighted by Gasteiger charge is -2.00. The van der Waals surface area contributed by atoms with Gasteiger partial charge in [0.1, 0.15) is 4.91 Å². The molecule has 0 spiro atoms. The van der Waals surface area contributed by atoms with Gasteiger partial charge < -0.3 is 10.2 Å². The summed E-state index contributed by atoms with van der Waals surface area (Å²) in [7, 11) is 0. The predicted octanol–water partition coefficient (Wildman–Crippen LogP) is 5.21. The normalized spacial score (nSPS) is 14.8. The van der Waals surface area contributed by atoms with Crippen LogP contribution in [0.4, 0.5) is 0 Å². The maximum absolute atomic E-state index is 12.9. The Morgan fingerprint density at radius 1 is 1.04 bits per heavy atom. The highest BCUT2D eigenvalue weighted by molar-refractivity contribution is 8.05. The Kier molecular flexibility index (Phi) is 4.44. The third-order valence-corrected chi connectivity index (χ3v) is 6.52. The Labute approximate surface area is 166 Å². The number of thioether (sulfide) groups is 1. The monoisotopic (exact) mass is 422 g/mol. The van der Waals surface area contributed by atoms with Gasteiger partial charge in [0.25, 0.3) is 0 Å². The summed E-state index contributed by atoms with van der Waals surface area (Å²) < 4.78 is 2.41. The van der Waals surface area contributed by atoms with Crippen molar-refractivity contribution < 1.29 is 19.6 Å². The van der Waals surface area contributed by atoms with Crippen molar-refractivity contribution in [3.05, 3.63) is 62.3 Å². The number of phenols is 2. The van der Waals surface area contributed by atoms with Crippen LogP contribution in [0.15, 0.2) is 51.0 Å². The van der Waals surface area contributed by atoms with Crippen LogP contribution in [0.2, 0.25) is 10.0 Å². The van der Waals surface area contributed by atoms with Gasteiger partial charge in [-0.25, -0.2) is 4.79 Å². The number of benzene rings is 2. The van der Waals surface area contributed by atoms with E-state index in [9.17, 15) is 15.0 Å². The Hall–Kier alpha value is -1.99. The van der Waals surface area contributed by atoms with Crippen LogP contribution in [0.1, 0.15) is 10.4 Å². The summed E-state index contributed by atoms with van der Waals surface area (Å²) in [6.45, 7) is 0. The largest absolute Gasteiger partial charge is 0.504 e. The van der Waals surface area contributed by atoms with E-state index in [1.807, 2.05) is 5.38 Å². The van der Waals surface area contributed by atoms with Crippen LogP contribution in [0, 0.1) is 0 Å². The molecule has 0 bridgehead atoms. The van der Waals surface area contributed by atoms with Crippen molar-refractivity contribution in [3.63, 3.8) is 0 Å². The molecule has 0 amide bonds. The van der Waals surface area contributed by atoms with Gasteiger partial charge in [-0.1, -0.05) is 40.6 Å². The minimum Gasteiger partial charge on any atom is -0.504 e. The van der Waals surface area contributed by atoms with Crippen molar-refractivity contribution in [1.29, 1.82) is 0 Å². The number of aromatic hydroxyl groups is 2. The molecule has 0 atom stereocenters. The molecule has 8 heteroatoms. The number of thiazole rings is 1. The molecule has 2 N–H and O–H groups in total. The molecule has 4 nitrogen and oxygen atoms in total. The molecule has 26 heavy (non-hydrogen) atoms. The van der Waals surface area contributed by atoms with Gasteiger partial charge in [0.05, 0.1) is 10.9 Å². The van der Waals surface area contributed by atoms with Crippen molar-refractivity contribution >= 4 is 58.3 Å². The fourth-order valence-electron chi connectivity index (χ4n) is 2.55. The number of carbonyl (C=O) groups is 1. The molecule has 0 saturated carbocycles. The number of phenolic OH excluding ortho intramolecular Hbond substituents is 2. The van der Waals surface area contributed by atoms with Crippen LogP contribution in [0.25, 0.3) is 17.3 Å². The number of halogens is 2. The summed E-state index contributed by atoms with van der Waals surface area (Å²) >= 11 is 14.9. The number of aromatic nitrogens is 1. The first-order valence-corrected chi connectivity index (χ1v) is 9.84. The minimum atomic E-state index is -0.232. The van der Waals surface area contributed by atoms with Crippen LogP contribution in [0.5, 0.6) is 11.5 Å². The second-order valence-electron chi connectivity index (χ2n) is 5.51. The maximum Gasteiger partial charge on any atom is 0.433 e. The molecule has 0 unspecified atom stereocenters. The summed E-state index contributed by atoms with van der Waals surface area (Å²) in [6.07, 6.45) is 1.74. The molecular weight excluding hydrogens is 413 g/mol.